The van der Waals surface area contributed by atoms with Gasteiger partial charge in [-0.2, -0.15) is 4.68 Å². The largest absolute Gasteiger partial charge is 0.573 e. The molecule has 0 unspecified atom stereocenters. The van der Waals surface area contributed by atoms with Gasteiger partial charge in [-0.15, -0.1) is 18.3 Å². The van der Waals surface area contributed by atoms with Crippen molar-refractivity contribution in [3.63, 3.8) is 0 Å². The Hall–Kier alpha value is -3.32. The van der Waals surface area contributed by atoms with Crippen LogP contribution in [0, 0.1) is 0 Å². The van der Waals surface area contributed by atoms with Crippen LogP contribution in [0.25, 0.3) is 5.69 Å². The normalized spacial score (nSPS) is 15.1. The lowest BCUT2D eigenvalue weighted by molar-refractivity contribution is -0.274. The van der Waals surface area contributed by atoms with E-state index in [0.717, 1.165) is 42.7 Å². The number of nitrogens with zero attached hydrogens (tertiary/aromatic N) is 5. The average Bonchev–Trinajstić information content (AvgIpc) is 3.27. The van der Waals surface area contributed by atoms with Gasteiger partial charge in [-0.3, -0.25) is 4.79 Å². The van der Waals surface area contributed by atoms with Crippen LogP contribution in [0.5, 0.6) is 5.75 Å². The summed E-state index contributed by atoms with van der Waals surface area (Å²) in [7, 11) is 0. The number of alkyl halides is 3. The molecule has 1 atom stereocenters. The molecule has 0 saturated carbocycles. The lowest BCUT2D eigenvalue weighted by atomic mass is 10.2. The molecule has 1 N–H and O–H groups in total. The maximum Gasteiger partial charge on any atom is 0.573 e. The van der Waals surface area contributed by atoms with Gasteiger partial charge in [0.15, 0.2) is 0 Å². The van der Waals surface area contributed by atoms with Gasteiger partial charge in [-0.25, -0.2) is 0 Å². The highest BCUT2D eigenvalue weighted by Gasteiger charge is 2.31. The summed E-state index contributed by atoms with van der Waals surface area (Å²) in [6.07, 6.45) is -4.77. The molecule has 1 aliphatic rings. The third kappa shape index (κ3) is 6.17. The number of carbonyl (C=O) groups excluding carboxylic acids is 1. The standard InChI is InChI=1S/C21H21F3N6O3S/c1-14(19(31)25-15-2-4-16(5-3-15)29-10-12-32-13-11-29)34-20-26-27-28-30(20)17-6-8-18(9-7-17)33-21(22,23)24/h2-9,14H,10-13H2,1H3,(H,25,31)/t14-/m1/s1. The number of nitrogens with one attached hydrogen (secondary N) is 1. The zero-order chi connectivity index (χ0) is 24.1. The number of carbonyl (C=O) groups is 1. The van der Waals surface area contributed by atoms with Crippen molar-refractivity contribution >= 4 is 29.0 Å². The van der Waals surface area contributed by atoms with E-state index < -0.39 is 11.6 Å². The minimum atomic E-state index is -4.77. The van der Waals surface area contributed by atoms with E-state index in [4.69, 9.17) is 4.74 Å². The molecule has 3 aromatic rings. The number of hydrogen-bond donors (Lipinski definition) is 1. The number of ether oxygens (including phenoxy) is 2. The first-order chi connectivity index (χ1) is 16.3. The Labute approximate surface area is 197 Å². The van der Waals surface area contributed by atoms with Crippen LogP contribution in [0.15, 0.2) is 53.7 Å². The second-order valence-corrected chi connectivity index (χ2v) is 8.62. The molecule has 2 heterocycles. The van der Waals surface area contributed by atoms with Crippen molar-refractivity contribution in [1.82, 2.24) is 20.2 Å². The first-order valence-corrected chi connectivity index (χ1v) is 11.2. The topological polar surface area (TPSA) is 94.4 Å². The van der Waals surface area contributed by atoms with Crippen LogP contribution in [-0.2, 0) is 9.53 Å². The molecule has 9 nitrogen and oxygen atoms in total. The third-order valence-electron chi connectivity index (χ3n) is 4.92. The minimum absolute atomic E-state index is 0.243. The van der Waals surface area contributed by atoms with Crippen molar-refractivity contribution in [2.75, 3.05) is 36.5 Å². The van der Waals surface area contributed by atoms with Crippen LogP contribution >= 0.6 is 11.8 Å². The third-order valence-corrected chi connectivity index (χ3v) is 5.95. The number of morpholine rings is 1. The van der Waals surface area contributed by atoms with E-state index >= 15 is 0 Å². The Morgan fingerprint density at radius 1 is 1.09 bits per heavy atom. The van der Waals surface area contributed by atoms with Crippen molar-refractivity contribution in [1.29, 1.82) is 0 Å². The van der Waals surface area contributed by atoms with Gasteiger partial charge in [0.2, 0.25) is 11.1 Å². The van der Waals surface area contributed by atoms with Gasteiger partial charge in [0, 0.05) is 24.5 Å². The maximum atomic E-state index is 12.7. The summed E-state index contributed by atoms with van der Waals surface area (Å²) in [5.41, 5.74) is 2.15. The van der Waals surface area contributed by atoms with E-state index in [1.54, 1.807) is 6.92 Å². The number of rotatable bonds is 7. The Bertz CT molecular complexity index is 1100. The molecule has 0 radical (unpaired) electrons. The van der Waals surface area contributed by atoms with Crippen LogP contribution in [-0.4, -0.2) is 64.0 Å². The van der Waals surface area contributed by atoms with Crippen molar-refractivity contribution < 1.29 is 27.4 Å². The molecule has 1 fully saturated rings. The fourth-order valence-corrected chi connectivity index (χ4v) is 4.04. The van der Waals surface area contributed by atoms with Gasteiger partial charge in [-0.05, 0) is 65.9 Å². The zero-order valence-electron chi connectivity index (χ0n) is 18.0. The molecule has 0 aliphatic carbocycles. The molecule has 1 saturated heterocycles. The van der Waals surface area contributed by atoms with Crippen molar-refractivity contribution in [3.05, 3.63) is 48.5 Å². The van der Waals surface area contributed by atoms with Gasteiger partial charge in [0.05, 0.1) is 24.2 Å². The molecular formula is C21H21F3N6O3S. The SMILES string of the molecule is C[C@@H](Sc1nnnn1-c1ccc(OC(F)(F)F)cc1)C(=O)Nc1ccc(N2CCOCC2)cc1. The van der Waals surface area contributed by atoms with Gasteiger partial charge < -0.3 is 19.7 Å². The van der Waals surface area contributed by atoms with Gasteiger partial charge >= 0.3 is 6.36 Å². The Kier molecular flexibility index (Phi) is 7.22. The second kappa shape index (κ2) is 10.3. The predicted molar refractivity (Wildman–Crippen MR) is 119 cm³/mol. The number of halogens is 3. The first kappa shape index (κ1) is 23.8. The summed E-state index contributed by atoms with van der Waals surface area (Å²) in [5, 5.41) is 14.0. The summed E-state index contributed by atoms with van der Waals surface area (Å²) >= 11 is 1.12. The Morgan fingerprint density at radius 3 is 2.38 bits per heavy atom. The summed E-state index contributed by atoms with van der Waals surface area (Å²) < 4.78 is 47.6. The molecule has 13 heteroatoms. The van der Waals surface area contributed by atoms with E-state index in [1.165, 1.54) is 16.8 Å². The molecule has 0 spiro atoms. The fourth-order valence-electron chi connectivity index (χ4n) is 3.24. The molecule has 1 aliphatic heterocycles. The molecule has 1 amide bonds. The number of thioether (sulfide) groups is 1. The molecule has 180 valence electrons. The number of tetrazole rings is 1. The van der Waals surface area contributed by atoms with Gasteiger partial charge in [0.25, 0.3) is 0 Å². The van der Waals surface area contributed by atoms with Crippen LogP contribution in [0.1, 0.15) is 6.92 Å². The van der Waals surface area contributed by atoms with Gasteiger partial charge in [-0.1, -0.05) is 11.8 Å². The van der Waals surface area contributed by atoms with Crippen LogP contribution in [0.4, 0.5) is 24.5 Å². The summed E-state index contributed by atoms with van der Waals surface area (Å²) in [6.45, 7) is 4.75. The highest BCUT2D eigenvalue weighted by atomic mass is 32.2. The van der Waals surface area contributed by atoms with Crippen molar-refractivity contribution in [2.45, 2.75) is 23.7 Å². The second-order valence-electron chi connectivity index (χ2n) is 7.31. The number of amides is 1. The Balaban J connectivity index is 1.36. The minimum Gasteiger partial charge on any atom is -0.406 e. The molecule has 34 heavy (non-hydrogen) atoms. The summed E-state index contributed by atoms with van der Waals surface area (Å²) in [6, 6.07) is 12.7. The Morgan fingerprint density at radius 2 is 1.74 bits per heavy atom. The smallest absolute Gasteiger partial charge is 0.406 e. The molecule has 4 rings (SSSR count). The van der Waals surface area contributed by atoms with Gasteiger partial charge in [0.1, 0.15) is 5.75 Å². The molecule has 1 aromatic heterocycles. The monoisotopic (exact) mass is 494 g/mol. The average molecular weight is 494 g/mol. The van der Waals surface area contributed by atoms with Crippen LogP contribution in [0.3, 0.4) is 0 Å². The van der Waals surface area contributed by atoms with Crippen LogP contribution < -0.4 is 15.0 Å². The lowest BCUT2D eigenvalue weighted by Crippen LogP contribution is -2.36. The van der Waals surface area contributed by atoms with Crippen molar-refractivity contribution in [3.8, 4) is 11.4 Å². The van der Waals surface area contributed by atoms with E-state index in [9.17, 15) is 18.0 Å². The van der Waals surface area contributed by atoms with Crippen molar-refractivity contribution in [2.24, 2.45) is 0 Å². The highest BCUT2D eigenvalue weighted by Crippen LogP contribution is 2.27. The fraction of sp³-hybridized carbons (Fsp3) is 0.333. The highest BCUT2D eigenvalue weighted by molar-refractivity contribution is 8.00. The molecular weight excluding hydrogens is 473 g/mol. The number of hydrogen-bond acceptors (Lipinski definition) is 8. The van der Waals surface area contributed by atoms with E-state index in [-0.39, 0.29) is 11.7 Å². The number of aromatic nitrogens is 4. The quantitative estimate of drug-likeness (QED) is 0.499. The first-order valence-electron chi connectivity index (χ1n) is 10.3. The van der Waals surface area contributed by atoms with E-state index in [0.29, 0.717) is 29.7 Å². The maximum absolute atomic E-state index is 12.7. The number of anilines is 2. The number of benzene rings is 2. The molecule has 0 bridgehead atoms. The van der Waals surface area contributed by atoms with Crippen LogP contribution in [0.2, 0.25) is 0 Å². The summed E-state index contributed by atoms with van der Waals surface area (Å²) in [4.78, 5) is 14.9. The summed E-state index contributed by atoms with van der Waals surface area (Å²) in [5.74, 6) is -0.599. The predicted octanol–water partition coefficient (Wildman–Crippen LogP) is 3.52. The zero-order valence-corrected chi connectivity index (χ0v) is 18.8. The molecule has 2 aromatic carbocycles. The van der Waals surface area contributed by atoms with E-state index in [1.807, 2.05) is 24.3 Å². The van der Waals surface area contributed by atoms with E-state index in [2.05, 4.69) is 30.5 Å². The lowest BCUT2D eigenvalue weighted by Gasteiger charge is -2.28.